The van der Waals surface area contributed by atoms with E-state index in [-0.39, 0.29) is 5.82 Å². The number of benzene rings is 2. The smallest absolute Gasteiger partial charge is 0.126 e. The van der Waals surface area contributed by atoms with Gasteiger partial charge in [-0.1, -0.05) is 51.3 Å². The topological polar surface area (TPSA) is 12.0 Å². The van der Waals surface area contributed by atoms with Crippen molar-refractivity contribution >= 4 is 44.8 Å². The van der Waals surface area contributed by atoms with Crippen molar-refractivity contribution in [1.82, 2.24) is 0 Å². The highest BCUT2D eigenvalue weighted by molar-refractivity contribution is 9.10. The van der Waals surface area contributed by atoms with E-state index in [0.717, 1.165) is 10.0 Å². The standard InChI is InChI=1S/C14H11BrCl2FN/c1-8-2-3-9(4-13(8)18)7-19-14-11(16)5-10(15)6-12(14)17/h2-6,19H,7H2,1H3. The van der Waals surface area contributed by atoms with Gasteiger partial charge >= 0.3 is 0 Å². The van der Waals surface area contributed by atoms with Crippen molar-refractivity contribution in [1.29, 1.82) is 0 Å². The Bertz CT molecular complexity index is 593. The maximum absolute atomic E-state index is 13.4. The molecule has 0 unspecified atom stereocenters. The van der Waals surface area contributed by atoms with E-state index in [1.807, 2.05) is 6.07 Å². The maximum Gasteiger partial charge on any atom is 0.126 e. The summed E-state index contributed by atoms with van der Waals surface area (Å²) >= 11 is 15.5. The third kappa shape index (κ3) is 3.62. The van der Waals surface area contributed by atoms with Crippen LogP contribution in [0.15, 0.2) is 34.8 Å². The molecular weight excluding hydrogens is 352 g/mol. The zero-order valence-electron chi connectivity index (χ0n) is 10.1. The van der Waals surface area contributed by atoms with E-state index in [2.05, 4.69) is 21.2 Å². The minimum absolute atomic E-state index is 0.215. The van der Waals surface area contributed by atoms with Gasteiger partial charge in [0.05, 0.1) is 15.7 Å². The van der Waals surface area contributed by atoms with E-state index in [1.165, 1.54) is 6.07 Å². The molecule has 0 heterocycles. The van der Waals surface area contributed by atoms with E-state index in [9.17, 15) is 4.39 Å². The summed E-state index contributed by atoms with van der Waals surface area (Å²) in [6.45, 7) is 2.19. The lowest BCUT2D eigenvalue weighted by Gasteiger charge is -2.11. The van der Waals surface area contributed by atoms with Crippen LogP contribution in [0, 0.1) is 12.7 Å². The van der Waals surface area contributed by atoms with Crippen LogP contribution >= 0.6 is 39.1 Å². The van der Waals surface area contributed by atoms with Crippen LogP contribution in [0.4, 0.5) is 10.1 Å². The van der Waals surface area contributed by atoms with Gasteiger partial charge in [-0.25, -0.2) is 4.39 Å². The molecule has 0 aliphatic heterocycles. The van der Waals surface area contributed by atoms with Crippen LogP contribution in [0.5, 0.6) is 0 Å². The molecule has 0 aromatic heterocycles. The lowest BCUT2D eigenvalue weighted by Crippen LogP contribution is -2.01. The molecule has 0 bridgehead atoms. The van der Waals surface area contributed by atoms with E-state index < -0.39 is 0 Å². The molecule has 0 saturated carbocycles. The van der Waals surface area contributed by atoms with Gasteiger partial charge in [0.1, 0.15) is 5.82 Å². The van der Waals surface area contributed by atoms with Gasteiger partial charge in [-0.3, -0.25) is 0 Å². The molecule has 0 atom stereocenters. The van der Waals surface area contributed by atoms with Crippen LogP contribution in [0.1, 0.15) is 11.1 Å². The zero-order valence-corrected chi connectivity index (χ0v) is 13.2. The molecule has 1 N–H and O–H groups in total. The number of nitrogens with one attached hydrogen (secondary N) is 1. The van der Waals surface area contributed by atoms with Crippen molar-refractivity contribution in [3.05, 3.63) is 61.8 Å². The lowest BCUT2D eigenvalue weighted by molar-refractivity contribution is 0.616. The fraction of sp³-hybridized carbons (Fsp3) is 0.143. The zero-order chi connectivity index (χ0) is 14.0. The molecule has 100 valence electrons. The minimum Gasteiger partial charge on any atom is -0.379 e. The Morgan fingerprint density at radius 1 is 1.16 bits per heavy atom. The minimum atomic E-state index is -0.215. The molecule has 0 aliphatic rings. The molecule has 0 fully saturated rings. The molecule has 0 saturated heterocycles. The Kier molecular flexibility index (Phi) is 4.71. The Labute approximate surface area is 129 Å². The van der Waals surface area contributed by atoms with Crippen molar-refractivity contribution < 1.29 is 4.39 Å². The summed E-state index contributed by atoms with van der Waals surface area (Å²) in [7, 11) is 0. The first-order chi connectivity index (χ1) is 8.97. The van der Waals surface area contributed by atoms with Gasteiger partial charge in [0.2, 0.25) is 0 Å². The van der Waals surface area contributed by atoms with Crippen LogP contribution in [-0.4, -0.2) is 0 Å². The number of aryl methyl sites for hydroxylation is 1. The molecule has 0 amide bonds. The summed E-state index contributed by atoms with van der Waals surface area (Å²) in [5.41, 5.74) is 2.11. The second kappa shape index (κ2) is 6.12. The van der Waals surface area contributed by atoms with Crippen molar-refractivity contribution in [3.8, 4) is 0 Å². The number of halogens is 4. The third-order valence-electron chi connectivity index (χ3n) is 2.71. The summed E-state index contributed by atoms with van der Waals surface area (Å²) in [6.07, 6.45) is 0. The Morgan fingerprint density at radius 3 is 2.37 bits per heavy atom. The second-order valence-corrected chi connectivity index (χ2v) is 5.91. The summed E-state index contributed by atoms with van der Waals surface area (Å²) in [6, 6.07) is 8.63. The normalized spacial score (nSPS) is 10.6. The van der Waals surface area contributed by atoms with Crippen molar-refractivity contribution in [2.75, 3.05) is 5.32 Å². The van der Waals surface area contributed by atoms with Gasteiger partial charge < -0.3 is 5.32 Å². The number of hydrogen-bond acceptors (Lipinski definition) is 1. The third-order valence-corrected chi connectivity index (χ3v) is 3.77. The first kappa shape index (κ1) is 14.6. The van der Waals surface area contributed by atoms with Crippen molar-refractivity contribution in [2.24, 2.45) is 0 Å². The second-order valence-electron chi connectivity index (χ2n) is 4.18. The van der Waals surface area contributed by atoms with E-state index in [1.54, 1.807) is 25.1 Å². The highest BCUT2D eigenvalue weighted by atomic mass is 79.9. The molecule has 1 nitrogen and oxygen atoms in total. The van der Waals surface area contributed by atoms with Gasteiger partial charge in [-0.05, 0) is 36.2 Å². The fourth-order valence-corrected chi connectivity index (χ4v) is 2.99. The van der Waals surface area contributed by atoms with Crippen molar-refractivity contribution in [3.63, 3.8) is 0 Å². The van der Waals surface area contributed by atoms with Gasteiger partial charge in [-0.15, -0.1) is 0 Å². The van der Waals surface area contributed by atoms with Gasteiger partial charge in [-0.2, -0.15) is 0 Å². The summed E-state index contributed by atoms with van der Waals surface area (Å²) in [5, 5.41) is 4.16. The van der Waals surface area contributed by atoms with E-state index in [4.69, 9.17) is 23.2 Å². The number of hydrogen-bond donors (Lipinski definition) is 1. The predicted molar refractivity (Wildman–Crippen MR) is 82.6 cm³/mol. The molecule has 0 aliphatic carbocycles. The SMILES string of the molecule is Cc1ccc(CNc2c(Cl)cc(Br)cc2Cl)cc1F. The molecule has 5 heteroatoms. The van der Waals surface area contributed by atoms with Crippen LogP contribution in [0.3, 0.4) is 0 Å². The largest absolute Gasteiger partial charge is 0.379 e. The Morgan fingerprint density at radius 2 is 1.79 bits per heavy atom. The fourth-order valence-electron chi connectivity index (χ4n) is 1.65. The maximum atomic E-state index is 13.4. The molecular formula is C14H11BrCl2FN. The quantitative estimate of drug-likeness (QED) is 0.725. The monoisotopic (exact) mass is 361 g/mol. The van der Waals surface area contributed by atoms with Gasteiger partial charge in [0, 0.05) is 11.0 Å². The van der Waals surface area contributed by atoms with Crippen LogP contribution in [0.25, 0.3) is 0 Å². The molecule has 2 rings (SSSR count). The summed E-state index contributed by atoms with van der Waals surface area (Å²) in [5.74, 6) is -0.215. The first-order valence-electron chi connectivity index (χ1n) is 5.61. The Balaban J connectivity index is 2.16. The molecule has 2 aromatic rings. The average Bonchev–Trinajstić information content (AvgIpc) is 2.32. The van der Waals surface area contributed by atoms with Gasteiger partial charge in [0.25, 0.3) is 0 Å². The number of rotatable bonds is 3. The average molecular weight is 363 g/mol. The Hall–Kier alpha value is -0.770. The number of anilines is 1. The molecule has 0 radical (unpaired) electrons. The van der Waals surface area contributed by atoms with Crippen LogP contribution in [-0.2, 0) is 6.54 Å². The van der Waals surface area contributed by atoms with Crippen LogP contribution in [0.2, 0.25) is 10.0 Å². The molecule has 2 aromatic carbocycles. The van der Waals surface area contributed by atoms with Crippen LogP contribution < -0.4 is 5.32 Å². The lowest BCUT2D eigenvalue weighted by atomic mass is 10.1. The summed E-state index contributed by atoms with van der Waals surface area (Å²) < 4.78 is 14.2. The van der Waals surface area contributed by atoms with E-state index >= 15 is 0 Å². The van der Waals surface area contributed by atoms with Crippen molar-refractivity contribution in [2.45, 2.75) is 13.5 Å². The van der Waals surface area contributed by atoms with E-state index in [0.29, 0.717) is 27.8 Å². The highest BCUT2D eigenvalue weighted by Gasteiger charge is 2.07. The van der Waals surface area contributed by atoms with Gasteiger partial charge in [0.15, 0.2) is 0 Å². The molecule has 19 heavy (non-hydrogen) atoms. The summed E-state index contributed by atoms with van der Waals surface area (Å²) in [4.78, 5) is 0. The predicted octanol–water partition coefficient (Wildman–Crippen LogP) is 5.82. The first-order valence-corrected chi connectivity index (χ1v) is 7.15. The molecule has 0 spiro atoms. The highest BCUT2D eigenvalue weighted by Crippen LogP contribution is 2.34.